The molecule has 4 aromatic rings. The molecule has 42 heavy (non-hydrogen) atoms. The maximum absolute atomic E-state index is 13.9. The van der Waals surface area contributed by atoms with Gasteiger partial charge in [0.2, 0.25) is 5.91 Å². The Balaban J connectivity index is 1.30. The van der Waals surface area contributed by atoms with Crippen molar-refractivity contribution in [1.82, 2.24) is 5.32 Å². The summed E-state index contributed by atoms with van der Waals surface area (Å²) in [6, 6.07) is 25.0. The van der Waals surface area contributed by atoms with E-state index in [-0.39, 0.29) is 30.9 Å². The van der Waals surface area contributed by atoms with Gasteiger partial charge in [0.05, 0.1) is 23.5 Å². The average Bonchev–Trinajstić information content (AvgIpc) is 3.38. The highest BCUT2D eigenvalue weighted by atomic mass is 35.5. The summed E-state index contributed by atoms with van der Waals surface area (Å²) in [7, 11) is -4.08. The molecule has 1 amide bonds. The normalized spacial score (nSPS) is 14.3. The Kier molecular flexibility index (Phi) is 8.51. The molecule has 8 nitrogen and oxygen atoms in total. The maximum atomic E-state index is 13.9. The van der Waals surface area contributed by atoms with Crippen LogP contribution in [0.2, 0.25) is 5.02 Å². The fraction of sp³-hybridized carbons (Fsp3) is 0.188. The van der Waals surface area contributed by atoms with E-state index in [9.17, 15) is 18.0 Å². The summed E-state index contributed by atoms with van der Waals surface area (Å²) >= 11 is 6.38. The number of hydrogen-bond donors (Lipinski definition) is 2. The molecule has 0 radical (unpaired) electrons. The highest BCUT2D eigenvalue weighted by molar-refractivity contribution is 7.93. The van der Waals surface area contributed by atoms with E-state index in [0.29, 0.717) is 22.0 Å². The number of ether oxygens (including phenoxy) is 1. The summed E-state index contributed by atoms with van der Waals surface area (Å²) in [4.78, 5) is 24.2. The van der Waals surface area contributed by atoms with Crippen LogP contribution >= 0.6 is 11.6 Å². The number of carboxylic acid groups (broad SMARTS) is 1. The topological polar surface area (TPSA) is 113 Å². The molecule has 1 atom stereocenters. The third-order valence-corrected chi connectivity index (χ3v) is 9.19. The Bertz CT molecular complexity index is 1720. The number of amides is 1. The Morgan fingerprint density at radius 2 is 1.71 bits per heavy atom. The van der Waals surface area contributed by atoms with E-state index in [2.05, 4.69) is 5.32 Å². The molecule has 0 aromatic heterocycles. The lowest BCUT2D eigenvalue weighted by atomic mass is 10.0. The number of hydrogen-bond acceptors (Lipinski definition) is 5. The number of aliphatic carboxylic acids is 1. The summed E-state index contributed by atoms with van der Waals surface area (Å²) in [5.41, 5.74) is 4.52. The van der Waals surface area contributed by atoms with E-state index in [1.165, 1.54) is 16.4 Å². The molecule has 4 aromatic carbocycles. The van der Waals surface area contributed by atoms with Gasteiger partial charge in [-0.3, -0.25) is 13.9 Å². The largest absolute Gasteiger partial charge is 0.492 e. The lowest BCUT2D eigenvalue weighted by molar-refractivity contribution is -0.136. The molecule has 0 saturated carbocycles. The minimum Gasteiger partial charge on any atom is -0.492 e. The zero-order chi connectivity index (χ0) is 29.9. The number of fused-ring (bicyclic) bond motifs is 1. The minimum absolute atomic E-state index is 0.0687. The Morgan fingerprint density at radius 1 is 1.00 bits per heavy atom. The van der Waals surface area contributed by atoms with E-state index in [1.807, 2.05) is 37.3 Å². The number of anilines is 1. The molecule has 1 heterocycles. The van der Waals surface area contributed by atoms with Crippen LogP contribution in [-0.2, 0) is 32.5 Å². The summed E-state index contributed by atoms with van der Waals surface area (Å²) < 4.78 is 34.8. The quantitative estimate of drug-likeness (QED) is 0.239. The zero-order valence-electron chi connectivity index (χ0n) is 22.8. The first-order valence-corrected chi connectivity index (χ1v) is 15.2. The second-order valence-electron chi connectivity index (χ2n) is 10.0. The molecular weight excluding hydrogens is 576 g/mol. The molecule has 0 spiro atoms. The number of carbonyl (C=O) groups is 2. The van der Waals surface area contributed by atoms with Crippen LogP contribution in [0.15, 0.2) is 95.9 Å². The number of rotatable bonds is 10. The number of halogens is 1. The van der Waals surface area contributed by atoms with Crippen LogP contribution in [-0.4, -0.2) is 44.6 Å². The predicted octanol–water partition coefficient (Wildman–Crippen LogP) is 5.26. The molecule has 0 aliphatic carbocycles. The van der Waals surface area contributed by atoms with Crippen LogP contribution in [0.25, 0.3) is 11.1 Å². The molecule has 0 fully saturated rings. The Labute approximate surface area is 249 Å². The van der Waals surface area contributed by atoms with Crippen LogP contribution in [0.1, 0.15) is 16.7 Å². The van der Waals surface area contributed by atoms with Crippen molar-refractivity contribution >= 4 is 39.2 Å². The first-order valence-electron chi connectivity index (χ1n) is 13.3. The molecule has 0 saturated heterocycles. The second kappa shape index (κ2) is 12.3. The van der Waals surface area contributed by atoms with Gasteiger partial charge < -0.3 is 15.2 Å². The number of nitrogens with zero attached hydrogens (tertiary/aromatic N) is 1. The number of aryl methyl sites for hydroxylation is 1. The van der Waals surface area contributed by atoms with Crippen LogP contribution in [0.5, 0.6) is 5.75 Å². The van der Waals surface area contributed by atoms with Gasteiger partial charge in [0, 0.05) is 17.0 Å². The highest BCUT2D eigenvalue weighted by Crippen LogP contribution is 2.37. The van der Waals surface area contributed by atoms with Crippen molar-refractivity contribution in [1.29, 1.82) is 0 Å². The second-order valence-corrected chi connectivity index (χ2v) is 12.2. The van der Waals surface area contributed by atoms with Crippen molar-refractivity contribution in [3.8, 4) is 16.9 Å². The number of carbonyl (C=O) groups excluding carboxylic acids is 1. The van der Waals surface area contributed by atoms with Crippen LogP contribution in [0, 0.1) is 6.92 Å². The van der Waals surface area contributed by atoms with Gasteiger partial charge >= 0.3 is 5.97 Å². The van der Waals surface area contributed by atoms with Crippen molar-refractivity contribution in [2.24, 2.45) is 0 Å². The van der Waals surface area contributed by atoms with Crippen molar-refractivity contribution in [2.45, 2.75) is 30.7 Å². The molecule has 5 rings (SSSR count). The number of nitrogens with one attached hydrogen (secondary N) is 1. The maximum Gasteiger partial charge on any atom is 0.307 e. The molecule has 216 valence electrons. The van der Waals surface area contributed by atoms with Gasteiger partial charge in [-0.15, -0.1) is 0 Å². The third kappa shape index (κ3) is 6.27. The van der Waals surface area contributed by atoms with Crippen LogP contribution < -0.4 is 14.4 Å². The van der Waals surface area contributed by atoms with E-state index >= 15 is 0 Å². The van der Waals surface area contributed by atoms with Gasteiger partial charge in [0.25, 0.3) is 10.0 Å². The fourth-order valence-electron chi connectivity index (χ4n) is 4.97. The Hall–Kier alpha value is -4.34. The van der Waals surface area contributed by atoms with Gasteiger partial charge in [-0.05, 0) is 66.1 Å². The van der Waals surface area contributed by atoms with E-state index in [0.717, 1.165) is 22.3 Å². The van der Waals surface area contributed by atoms with Crippen molar-refractivity contribution in [3.63, 3.8) is 0 Å². The molecular formula is C32H29ClN2O6S. The molecule has 1 aliphatic rings. The first-order chi connectivity index (χ1) is 20.1. The van der Waals surface area contributed by atoms with Gasteiger partial charge in [-0.2, -0.15) is 0 Å². The molecule has 1 aliphatic heterocycles. The van der Waals surface area contributed by atoms with E-state index in [1.54, 1.807) is 48.5 Å². The molecule has 0 unspecified atom stereocenters. The highest BCUT2D eigenvalue weighted by Gasteiger charge is 2.42. The minimum atomic E-state index is -4.08. The predicted molar refractivity (Wildman–Crippen MR) is 162 cm³/mol. The molecule has 10 heteroatoms. The van der Waals surface area contributed by atoms with Gasteiger partial charge in [-0.1, -0.05) is 65.7 Å². The van der Waals surface area contributed by atoms with Crippen LogP contribution in [0.3, 0.4) is 0 Å². The molecule has 0 bridgehead atoms. The SMILES string of the molecule is Cc1ccc(Cl)c(-c2ccc(S(=O)(=O)N3c4ccccc4C[C@H]3C(=O)NCCOc3ccc(CC(=O)O)cc3)cc2)c1. The fourth-order valence-corrected chi connectivity index (χ4v) is 6.85. The standard InChI is InChI=1S/C32H29ClN2O6S/c1-21-6-15-28(33)27(18-21)23-9-13-26(14-10-23)42(39,40)35-29-5-3-2-4-24(29)20-30(35)32(38)34-16-17-41-25-11-7-22(8-12-25)19-31(36)37/h2-15,18,30H,16-17,19-20H2,1H3,(H,34,38)(H,36,37)/t30-/m0/s1. The number of sulfonamides is 1. The smallest absolute Gasteiger partial charge is 0.307 e. The zero-order valence-corrected chi connectivity index (χ0v) is 24.4. The van der Waals surface area contributed by atoms with E-state index < -0.39 is 27.9 Å². The first kappa shape index (κ1) is 29.2. The number of para-hydroxylation sites is 1. The summed E-state index contributed by atoms with van der Waals surface area (Å²) in [6.07, 6.45) is 0.162. The van der Waals surface area contributed by atoms with Crippen molar-refractivity contribution in [2.75, 3.05) is 17.5 Å². The van der Waals surface area contributed by atoms with Crippen molar-refractivity contribution < 1.29 is 27.9 Å². The summed E-state index contributed by atoms with van der Waals surface area (Å²) in [5, 5.41) is 12.3. The monoisotopic (exact) mass is 604 g/mol. The van der Waals surface area contributed by atoms with E-state index in [4.69, 9.17) is 21.4 Å². The van der Waals surface area contributed by atoms with Gasteiger partial charge in [0.1, 0.15) is 18.4 Å². The summed E-state index contributed by atoms with van der Waals surface area (Å²) in [6.45, 7) is 2.27. The Morgan fingerprint density at radius 3 is 2.43 bits per heavy atom. The molecule has 2 N–H and O–H groups in total. The van der Waals surface area contributed by atoms with Gasteiger partial charge in [-0.25, -0.2) is 8.42 Å². The third-order valence-electron chi connectivity index (χ3n) is 7.02. The lowest BCUT2D eigenvalue weighted by Gasteiger charge is -2.26. The number of carboxylic acids is 1. The lowest BCUT2D eigenvalue weighted by Crippen LogP contribution is -2.48. The average molecular weight is 605 g/mol. The summed E-state index contributed by atoms with van der Waals surface area (Å²) in [5.74, 6) is -0.815. The van der Waals surface area contributed by atoms with Gasteiger partial charge in [0.15, 0.2) is 0 Å². The van der Waals surface area contributed by atoms with Crippen molar-refractivity contribution in [3.05, 3.63) is 113 Å². The number of benzene rings is 4. The van der Waals surface area contributed by atoms with Crippen LogP contribution in [0.4, 0.5) is 5.69 Å².